The molecule has 0 fully saturated rings. The summed E-state index contributed by atoms with van der Waals surface area (Å²) in [6, 6.07) is 30.9. The number of benzene rings is 4. The highest BCUT2D eigenvalue weighted by Crippen LogP contribution is 2.40. The first-order chi connectivity index (χ1) is 20.2. The van der Waals surface area contributed by atoms with Crippen LogP contribution in [0.25, 0.3) is 77.7 Å². The fourth-order valence-electron chi connectivity index (χ4n) is 6.23. The van der Waals surface area contributed by atoms with Crippen molar-refractivity contribution in [3.05, 3.63) is 133 Å². The number of aromatic nitrogens is 2. The van der Waals surface area contributed by atoms with Crippen molar-refractivity contribution in [3.63, 3.8) is 0 Å². The molecule has 3 aromatic heterocycles. The minimum absolute atomic E-state index is 1.15. The van der Waals surface area contributed by atoms with Gasteiger partial charge in [0.2, 0.25) is 0 Å². The summed E-state index contributed by atoms with van der Waals surface area (Å²) in [5, 5.41) is 4.95. The molecule has 0 aliphatic rings. The van der Waals surface area contributed by atoms with Crippen molar-refractivity contribution in [3.8, 4) is 11.4 Å². The molecule has 7 aromatic rings. The van der Waals surface area contributed by atoms with Gasteiger partial charge in [-0.3, -0.25) is 0 Å². The summed E-state index contributed by atoms with van der Waals surface area (Å²) < 4.78 is 7.29. The van der Waals surface area contributed by atoms with Crippen LogP contribution in [0.4, 0.5) is 0 Å². The summed E-state index contributed by atoms with van der Waals surface area (Å²) >= 11 is 1.85. The van der Waals surface area contributed by atoms with Crippen LogP contribution >= 0.6 is 11.3 Å². The molecule has 3 heteroatoms. The minimum atomic E-state index is 1.15. The van der Waals surface area contributed by atoms with Crippen molar-refractivity contribution < 1.29 is 0 Å². The van der Waals surface area contributed by atoms with Gasteiger partial charge >= 0.3 is 0 Å². The monoisotopic (exact) mass is 546 g/mol. The lowest BCUT2D eigenvalue weighted by atomic mass is 10.1. The van der Waals surface area contributed by atoms with E-state index in [0.717, 1.165) is 33.9 Å². The molecule has 0 unspecified atom stereocenters. The fourth-order valence-corrected chi connectivity index (χ4v) is 7.30. The molecule has 2 nitrogen and oxygen atoms in total. The highest BCUT2D eigenvalue weighted by atomic mass is 32.1. The summed E-state index contributed by atoms with van der Waals surface area (Å²) in [6.45, 7) is 12.4. The lowest BCUT2D eigenvalue weighted by Crippen LogP contribution is -1.97. The van der Waals surface area contributed by atoms with E-state index in [1.807, 2.05) is 23.5 Å². The highest BCUT2D eigenvalue weighted by molar-refractivity contribution is 7.25. The predicted molar refractivity (Wildman–Crippen MR) is 183 cm³/mol. The lowest BCUT2D eigenvalue weighted by Gasteiger charge is -2.11. The first-order valence-electron chi connectivity index (χ1n) is 13.9. The van der Waals surface area contributed by atoms with Gasteiger partial charge in [0.1, 0.15) is 0 Å². The first-order valence-corrected chi connectivity index (χ1v) is 14.7. The Kier molecular flexibility index (Phi) is 6.10. The van der Waals surface area contributed by atoms with Gasteiger partial charge in [-0.2, -0.15) is 0 Å². The summed E-state index contributed by atoms with van der Waals surface area (Å²) in [5.41, 5.74) is 9.27. The molecule has 3 heterocycles. The normalized spacial score (nSPS) is 12.1. The highest BCUT2D eigenvalue weighted by Gasteiger charge is 2.18. The van der Waals surface area contributed by atoms with E-state index in [9.17, 15) is 0 Å². The minimum Gasteiger partial charge on any atom is -0.309 e. The van der Waals surface area contributed by atoms with E-state index in [-0.39, 0.29) is 0 Å². The standard InChI is InChI=1S/C38H30N2S/c1-5-13-33-27(7-3)29-15-9-11-17-35(29)39(33)25-19-21-37-31(23-25)32-24-26(20-22-38(32)41-37)40-34(14-6-2)28(8-4)30-16-10-12-18-36(30)40/h5-24H,3-4H2,1-2H3/b13-5-,14-6-. The van der Waals surface area contributed by atoms with Crippen LogP contribution in [0.1, 0.15) is 36.4 Å². The van der Waals surface area contributed by atoms with Crippen LogP contribution in [0.3, 0.4) is 0 Å². The molecule has 0 atom stereocenters. The van der Waals surface area contributed by atoms with E-state index in [2.05, 4.69) is 145 Å². The quantitative estimate of drug-likeness (QED) is 0.196. The van der Waals surface area contributed by atoms with E-state index in [0.29, 0.717) is 0 Å². The SMILES string of the molecule is C=Cc1c(/C=C\C)n(-c2ccc3sc4ccc(-n5c(/C=C\C)c(C=C)c6ccccc65)cc4c3c2)c2ccccc12. The van der Waals surface area contributed by atoms with Crippen LogP contribution in [0, 0.1) is 0 Å². The van der Waals surface area contributed by atoms with Crippen LogP contribution in [0.2, 0.25) is 0 Å². The molecule has 0 saturated carbocycles. The van der Waals surface area contributed by atoms with E-state index in [1.54, 1.807) is 0 Å². The molecule has 4 aromatic carbocycles. The molecule has 0 saturated heterocycles. The second-order valence-electron chi connectivity index (χ2n) is 10.2. The Bertz CT molecular complexity index is 2050. The molecule has 0 spiro atoms. The molecule has 0 N–H and O–H groups in total. The Hall–Kier alpha value is -4.86. The summed E-state index contributed by atoms with van der Waals surface area (Å²) in [5.74, 6) is 0. The van der Waals surface area contributed by atoms with Crippen LogP contribution in [0.15, 0.2) is 110 Å². The van der Waals surface area contributed by atoms with Gasteiger partial charge in [-0.05, 0) is 74.5 Å². The van der Waals surface area contributed by atoms with E-state index in [4.69, 9.17) is 0 Å². The Morgan fingerprint density at radius 2 is 1.00 bits per heavy atom. The Balaban J connectivity index is 1.50. The number of allylic oxidation sites excluding steroid dienone is 2. The van der Waals surface area contributed by atoms with Gasteiger partial charge in [-0.25, -0.2) is 0 Å². The number of hydrogen-bond donors (Lipinski definition) is 0. The maximum absolute atomic E-state index is 4.14. The van der Waals surface area contributed by atoms with Crippen molar-refractivity contribution in [2.45, 2.75) is 13.8 Å². The number of rotatable bonds is 6. The zero-order chi connectivity index (χ0) is 28.1. The van der Waals surface area contributed by atoms with Gasteiger partial charge in [0.15, 0.2) is 0 Å². The van der Waals surface area contributed by atoms with E-state index in [1.165, 1.54) is 42.0 Å². The molecule has 7 rings (SSSR count). The zero-order valence-electron chi connectivity index (χ0n) is 23.3. The Morgan fingerprint density at radius 3 is 1.41 bits per heavy atom. The van der Waals surface area contributed by atoms with Crippen molar-refractivity contribution in [1.29, 1.82) is 0 Å². The molecule has 0 aliphatic carbocycles. The van der Waals surface area contributed by atoms with Crippen LogP contribution in [-0.2, 0) is 0 Å². The Labute approximate surface area is 244 Å². The molecule has 0 radical (unpaired) electrons. The smallest absolute Gasteiger partial charge is 0.0541 e. The van der Waals surface area contributed by atoms with Crippen molar-refractivity contribution in [2.75, 3.05) is 0 Å². The number of fused-ring (bicyclic) bond motifs is 5. The van der Waals surface area contributed by atoms with Crippen LogP contribution < -0.4 is 0 Å². The second kappa shape index (κ2) is 9.96. The third-order valence-corrected chi connectivity index (χ3v) is 9.07. The van der Waals surface area contributed by atoms with Crippen molar-refractivity contribution >= 4 is 77.6 Å². The van der Waals surface area contributed by atoms with Gasteiger partial charge in [0.25, 0.3) is 0 Å². The van der Waals surface area contributed by atoms with Gasteiger partial charge in [0.05, 0.1) is 22.4 Å². The van der Waals surface area contributed by atoms with Gasteiger partial charge < -0.3 is 9.13 Å². The molecule has 0 aliphatic heterocycles. The van der Waals surface area contributed by atoms with E-state index >= 15 is 0 Å². The average Bonchev–Trinajstić information content (AvgIpc) is 3.63. The maximum Gasteiger partial charge on any atom is 0.0541 e. The van der Waals surface area contributed by atoms with Crippen LogP contribution in [-0.4, -0.2) is 9.13 Å². The Morgan fingerprint density at radius 1 is 0.561 bits per heavy atom. The van der Waals surface area contributed by atoms with Crippen LogP contribution in [0.5, 0.6) is 0 Å². The lowest BCUT2D eigenvalue weighted by molar-refractivity contribution is 1.11. The molecule has 198 valence electrons. The molecular weight excluding hydrogens is 516 g/mol. The molecular formula is C38H30N2S. The fraction of sp³-hybridized carbons (Fsp3) is 0.0526. The molecule has 0 amide bonds. The molecule has 41 heavy (non-hydrogen) atoms. The number of thiophene rings is 1. The van der Waals surface area contributed by atoms with Crippen molar-refractivity contribution in [2.24, 2.45) is 0 Å². The van der Waals surface area contributed by atoms with Crippen molar-refractivity contribution in [1.82, 2.24) is 9.13 Å². The third-order valence-electron chi connectivity index (χ3n) is 7.91. The summed E-state index contributed by atoms with van der Waals surface area (Å²) in [7, 11) is 0. The van der Waals surface area contributed by atoms with E-state index < -0.39 is 0 Å². The topological polar surface area (TPSA) is 9.86 Å². The number of hydrogen-bond acceptors (Lipinski definition) is 1. The van der Waals surface area contributed by atoms with Gasteiger partial charge in [0, 0.05) is 53.4 Å². The largest absolute Gasteiger partial charge is 0.309 e. The van der Waals surface area contributed by atoms with Gasteiger partial charge in [-0.15, -0.1) is 11.3 Å². The maximum atomic E-state index is 4.14. The first kappa shape index (κ1) is 25.1. The number of para-hydroxylation sites is 2. The third kappa shape index (κ3) is 3.77. The predicted octanol–water partition coefficient (Wildman–Crippen LogP) is 11.3. The molecule has 0 bridgehead atoms. The number of nitrogens with zero attached hydrogens (tertiary/aromatic N) is 2. The average molecular weight is 547 g/mol. The summed E-state index contributed by atoms with van der Waals surface area (Å²) in [6.07, 6.45) is 12.5. The summed E-state index contributed by atoms with van der Waals surface area (Å²) in [4.78, 5) is 0. The zero-order valence-corrected chi connectivity index (χ0v) is 24.1. The van der Waals surface area contributed by atoms with Gasteiger partial charge in [-0.1, -0.05) is 73.9 Å². The second-order valence-corrected chi connectivity index (χ2v) is 11.3.